The van der Waals surface area contributed by atoms with E-state index in [0.717, 1.165) is 6.07 Å². The number of aryl methyl sites for hydroxylation is 1. The van der Waals surface area contributed by atoms with Crippen molar-refractivity contribution < 1.29 is 28.0 Å². The fraction of sp³-hybridized carbons (Fsp3) is 0.217. The lowest BCUT2D eigenvalue weighted by atomic mass is 10.0. The minimum atomic E-state index is -0.970. The van der Waals surface area contributed by atoms with Gasteiger partial charge in [0.25, 0.3) is 5.91 Å². The first-order valence-corrected chi connectivity index (χ1v) is 10.9. The van der Waals surface area contributed by atoms with Gasteiger partial charge < -0.3 is 19.3 Å². The first-order valence-electron chi connectivity index (χ1n) is 10.2. The molecule has 3 aromatic rings. The number of halogens is 3. The van der Waals surface area contributed by atoms with Gasteiger partial charge in [0.15, 0.2) is 18.5 Å². The van der Waals surface area contributed by atoms with Crippen LogP contribution in [0.3, 0.4) is 0 Å². The maximum absolute atomic E-state index is 13.5. The number of ketones is 1. The SMILES string of the molecule is C=C(CCc1nc(COc2ccc(Cl)c(F)c2)no1)NC(=O)[C@H]1CC(=O)c2cc(Cl)ccc2O1. The molecule has 1 aliphatic rings. The topological polar surface area (TPSA) is 104 Å². The second-order valence-corrected chi connectivity index (χ2v) is 8.28. The van der Waals surface area contributed by atoms with Crippen molar-refractivity contribution in [3.05, 3.63) is 81.8 Å². The summed E-state index contributed by atoms with van der Waals surface area (Å²) in [6, 6.07) is 8.73. The highest BCUT2D eigenvalue weighted by Gasteiger charge is 2.31. The number of fused-ring (bicyclic) bond motifs is 1. The molecule has 0 bridgehead atoms. The molecule has 0 saturated carbocycles. The maximum atomic E-state index is 13.5. The van der Waals surface area contributed by atoms with Crippen LogP contribution in [0.15, 0.2) is 53.2 Å². The normalized spacial score (nSPS) is 14.8. The van der Waals surface area contributed by atoms with E-state index in [4.69, 9.17) is 37.2 Å². The first kappa shape index (κ1) is 23.7. The minimum Gasteiger partial charge on any atom is -0.485 e. The van der Waals surface area contributed by atoms with E-state index >= 15 is 0 Å². The molecular weight excluding hydrogens is 488 g/mol. The Labute approximate surface area is 203 Å². The lowest BCUT2D eigenvalue weighted by Crippen LogP contribution is -2.41. The molecule has 0 radical (unpaired) electrons. The average Bonchev–Trinajstić information content (AvgIpc) is 3.26. The molecule has 176 valence electrons. The Morgan fingerprint density at radius 3 is 2.88 bits per heavy atom. The predicted octanol–water partition coefficient (Wildman–Crippen LogP) is 4.69. The number of amides is 1. The summed E-state index contributed by atoms with van der Waals surface area (Å²) in [6.07, 6.45) is -0.434. The standard InChI is InChI=1S/C23H18Cl2FN3O5/c1-12(27-23(31)20-10-18(30)15-8-13(24)3-6-19(15)33-20)2-7-22-28-21(29-34-22)11-32-14-4-5-16(25)17(26)9-14/h3-6,8-9,20H,1-2,7,10-11H2,(H,27,31)/t20-/m1/s1. The molecule has 0 spiro atoms. The van der Waals surface area contributed by atoms with Crippen LogP contribution < -0.4 is 14.8 Å². The highest BCUT2D eigenvalue weighted by molar-refractivity contribution is 6.31. The lowest BCUT2D eigenvalue weighted by Gasteiger charge is -2.24. The summed E-state index contributed by atoms with van der Waals surface area (Å²) in [7, 11) is 0. The Morgan fingerprint density at radius 2 is 2.09 bits per heavy atom. The summed E-state index contributed by atoms with van der Waals surface area (Å²) in [5.41, 5.74) is 0.753. The maximum Gasteiger partial charge on any atom is 0.265 e. The Balaban J connectivity index is 1.24. The van der Waals surface area contributed by atoms with Gasteiger partial charge in [-0.2, -0.15) is 4.98 Å². The van der Waals surface area contributed by atoms with Gasteiger partial charge in [0.2, 0.25) is 11.7 Å². The molecular formula is C23H18Cl2FN3O5. The monoisotopic (exact) mass is 505 g/mol. The molecule has 1 aromatic heterocycles. The Morgan fingerprint density at radius 1 is 1.26 bits per heavy atom. The van der Waals surface area contributed by atoms with Crippen molar-refractivity contribution in [2.24, 2.45) is 0 Å². The van der Waals surface area contributed by atoms with Crippen LogP contribution in [0.25, 0.3) is 0 Å². The van der Waals surface area contributed by atoms with Crippen molar-refractivity contribution in [3.63, 3.8) is 0 Å². The summed E-state index contributed by atoms with van der Waals surface area (Å²) in [5, 5.41) is 6.87. The van der Waals surface area contributed by atoms with Crippen molar-refractivity contribution in [2.75, 3.05) is 0 Å². The third-order valence-electron chi connectivity index (χ3n) is 4.88. The summed E-state index contributed by atoms with van der Waals surface area (Å²) < 4.78 is 29.7. The molecule has 0 saturated heterocycles. The minimum absolute atomic E-state index is 0.00195. The largest absolute Gasteiger partial charge is 0.485 e. The molecule has 0 aliphatic carbocycles. The van der Waals surface area contributed by atoms with Crippen molar-refractivity contribution in [2.45, 2.75) is 32.0 Å². The molecule has 8 nitrogen and oxygen atoms in total. The quantitative estimate of drug-likeness (QED) is 0.473. The number of nitrogens with zero attached hydrogens (tertiary/aromatic N) is 2. The number of aromatic nitrogens is 2. The average molecular weight is 506 g/mol. The smallest absolute Gasteiger partial charge is 0.265 e. The molecule has 11 heteroatoms. The van der Waals surface area contributed by atoms with E-state index in [-0.39, 0.29) is 35.4 Å². The third-order valence-corrected chi connectivity index (χ3v) is 5.43. The van der Waals surface area contributed by atoms with E-state index in [1.807, 2.05) is 0 Å². The number of Topliss-reactive ketones (excluding diaryl/α,β-unsaturated/α-hetero) is 1. The molecule has 4 rings (SSSR count). The highest BCUT2D eigenvalue weighted by atomic mass is 35.5. The van der Waals surface area contributed by atoms with Crippen LogP contribution in [-0.2, 0) is 17.8 Å². The van der Waals surface area contributed by atoms with Crippen molar-refractivity contribution in [1.82, 2.24) is 15.5 Å². The van der Waals surface area contributed by atoms with Gasteiger partial charge in [0.05, 0.1) is 17.0 Å². The van der Waals surface area contributed by atoms with Crippen LogP contribution in [0.5, 0.6) is 11.5 Å². The number of hydrogen-bond acceptors (Lipinski definition) is 7. The molecule has 2 aromatic carbocycles. The van der Waals surface area contributed by atoms with E-state index in [1.165, 1.54) is 18.2 Å². The molecule has 1 aliphatic heterocycles. The van der Waals surface area contributed by atoms with Crippen LogP contribution in [0.1, 0.15) is 34.9 Å². The number of hydrogen-bond donors (Lipinski definition) is 1. The van der Waals surface area contributed by atoms with Crippen LogP contribution in [-0.4, -0.2) is 27.9 Å². The van der Waals surface area contributed by atoms with E-state index in [2.05, 4.69) is 22.0 Å². The van der Waals surface area contributed by atoms with Crippen molar-refractivity contribution >= 4 is 34.9 Å². The van der Waals surface area contributed by atoms with Crippen LogP contribution in [0.2, 0.25) is 10.0 Å². The zero-order chi connectivity index (χ0) is 24.2. The Hall–Kier alpha value is -3.43. The van der Waals surface area contributed by atoms with Gasteiger partial charge in [-0.25, -0.2) is 4.39 Å². The molecule has 1 amide bonds. The van der Waals surface area contributed by atoms with Gasteiger partial charge in [-0.15, -0.1) is 0 Å². The van der Waals surface area contributed by atoms with Crippen molar-refractivity contribution in [3.8, 4) is 11.5 Å². The number of allylic oxidation sites excluding steroid dienone is 1. The van der Waals surface area contributed by atoms with Crippen LogP contribution >= 0.6 is 23.2 Å². The zero-order valence-corrected chi connectivity index (χ0v) is 19.2. The van der Waals surface area contributed by atoms with Gasteiger partial charge in [-0.1, -0.05) is 34.9 Å². The van der Waals surface area contributed by atoms with Gasteiger partial charge in [-0.05, 0) is 36.8 Å². The highest BCUT2D eigenvalue weighted by Crippen LogP contribution is 2.30. The molecule has 1 N–H and O–H groups in total. The molecule has 1 atom stereocenters. The fourth-order valence-corrected chi connectivity index (χ4v) is 3.47. The second-order valence-electron chi connectivity index (χ2n) is 7.44. The summed E-state index contributed by atoms with van der Waals surface area (Å²) >= 11 is 11.6. The van der Waals surface area contributed by atoms with E-state index < -0.39 is 17.8 Å². The van der Waals surface area contributed by atoms with Gasteiger partial charge in [0.1, 0.15) is 17.3 Å². The first-order chi connectivity index (χ1) is 16.3. The number of ether oxygens (including phenoxy) is 2. The van der Waals surface area contributed by atoms with Gasteiger partial charge in [-0.3, -0.25) is 9.59 Å². The number of rotatable bonds is 8. The molecule has 0 fully saturated rings. The Kier molecular flexibility index (Phi) is 7.14. The van der Waals surface area contributed by atoms with E-state index in [0.29, 0.717) is 40.8 Å². The number of nitrogens with one attached hydrogen (secondary N) is 1. The second kappa shape index (κ2) is 10.2. The fourth-order valence-electron chi connectivity index (χ4n) is 3.18. The van der Waals surface area contributed by atoms with Gasteiger partial charge >= 0.3 is 0 Å². The Bertz CT molecular complexity index is 1260. The van der Waals surface area contributed by atoms with Gasteiger partial charge in [0, 0.05) is 23.2 Å². The molecule has 34 heavy (non-hydrogen) atoms. The molecule has 2 heterocycles. The van der Waals surface area contributed by atoms with E-state index in [9.17, 15) is 14.0 Å². The summed E-state index contributed by atoms with van der Waals surface area (Å²) in [5.74, 6) is -0.124. The number of carbonyl (C=O) groups excluding carboxylic acids is 2. The predicted molar refractivity (Wildman–Crippen MR) is 120 cm³/mol. The summed E-state index contributed by atoms with van der Waals surface area (Å²) in [6.45, 7) is 3.80. The van der Waals surface area contributed by atoms with Crippen molar-refractivity contribution in [1.29, 1.82) is 0 Å². The zero-order valence-electron chi connectivity index (χ0n) is 17.6. The number of carbonyl (C=O) groups is 2. The van der Waals surface area contributed by atoms with E-state index in [1.54, 1.807) is 12.1 Å². The summed E-state index contributed by atoms with van der Waals surface area (Å²) in [4.78, 5) is 29.0. The third kappa shape index (κ3) is 5.73. The molecule has 0 unspecified atom stereocenters. The van der Waals surface area contributed by atoms with Crippen LogP contribution in [0, 0.1) is 5.82 Å². The van der Waals surface area contributed by atoms with Crippen LogP contribution in [0.4, 0.5) is 4.39 Å². The lowest BCUT2D eigenvalue weighted by molar-refractivity contribution is -0.127. The number of benzene rings is 2.